The third kappa shape index (κ3) is 2.82. The van der Waals surface area contributed by atoms with Crippen molar-refractivity contribution >= 4 is 11.4 Å². The van der Waals surface area contributed by atoms with E-state index < -0.39 is 0 Å². The number of hydrogen-bond donors (Lipinski definition) is 2. The summed E-state index contributed by atoms with van der Waals surface area (Å²) in [6, 6.07) is 19.3. The lowest BCUT2D eigenvalue weighted by Crippen LogP contribution is -2.10. The highest BCUT2D eigenvalue weighted by molar-refractivity contribution is 6.11. The molecule has 0 saturated heterocycles. The summed E-state index contributed by atoms with van der Waals surface area (Å²) in [4.78, 5) is 0. The third-order valence-corrected chi connectivity index (χ3v) is 2.43. The highest BCUT2D eigenvalue weighted by atomic mass is 14.9. The SMILES string of the molecule is C=C(Nc1ccccc1)C(=N)c1ccccc1. The van der Waals surface area contributed by atoms with Crippen LogP contribution in [-0.2, 0) is 0 Å². The third-order valence-electron chi connectivity index (χ3n) is 2.43. The Morgan fingerprint density at radius 2 is 1.41 bits per heavy atom. The van der Waals surface area contributed by atoms with Crippen LogP contribution in [0.4, 0.5) is 5.69 Å². The quantitative estimate of drug-likeness (QED) is 0.760. The van der Waals surface area contributed by atoms with Crippen LogP contribution in [0.5, 0.6) is 0 Å². The maximum Gasteiger partial charge on any atom is 0.0840 e. The van der Waals surface area contributed by atoms with Gasteiger partial charge in [0.05, 0.1) is 11.4 Å². The van der Waals surface area contributed by atoms with E-state index >= 15 is 0 Å². The first-order chi connectivity index (χ1) is 8.27. The molecule has 0 amide bonds. The molecule has 2 nitrogen and oxygen atoms in total. The minimum atomic E-state index is 0.412. The number of benzene rings is 2. The minimum absolute atomic E-state index is 0.412. The number of hydrogen-bond acceptors (Lipinski definition) is 2. The topological polar surface area (TPSA) is 35.9 Å². The van der Waals surface area contributed by atoms with Crippen molar-refractivity contribution < 1.29 is 0 Å². The normalized spacial score (nSPS) is 9.65. The van der Waals surface area contributed by atoms with Crippen molar-refractivity contribution in [2.24, 2.45) is 0 Å². The zero-order valence-corrected chi connectivity index (χ0v) is 9.48. The molecule has 2 N–H and O–H groups in total. The molecule has 0 bridgehead atoms. The number of anilines is 1. The molecule has 84 valence electrons. The van der Waals surface area contributed by atoms with Crippen molar-refractivity contribution in [3.63, 3.8) is 0 Å². The van der Waals surface area contributed by atoms with Crippen molar-refractivity contribution in [2.75, 3.05) is 5.32 Å². The van der Waals surface area contributed by atoms with Crippen LogP contribution in [0.2, 0.25) is 0 Å². The molecule has 0 saturated carbocycles. The Kier molecular flexibility index (Phi) is 3.36. The lowest BCUT2D eigenvalue weighted by Gasteiger charge is -2.10. The molecule has 2 aromatic rings. The van der Waals surface area contributed by atoms with E-state index in [1.54, 1.807) is 0 Å². The second-order valence-corrected chi connectivity index (χ2v) is 3.71. The first kappa shape index (κ1) is 11.1. The van der Waals surface area contributed by atoms with E-state index in [0.717, 1.165) is 11.3 Å². The van der Waals surface area contributed by atoms with Crippen LogP contribution in [0.1, 0.15) is 5.56 Å². The minimum Gasteiger partial charge on any atom is -0.354 e. The van der Waals surface area contributed by atoms with Crippen LogP contribution >= 0.6 is 0 Å². The fourth-order valence-electron chi connectivity index (χ4n) is 1.54. The first-order valence-electron chi connectivity index (χ1n) is 5.42. The molecule has 2 rings (SSSR count). The second-order valence-electron chi connectivity index (χ2n) is 3.71. The molecule has 0 atom stereocenters. The van der Waals surface area contributed by atoms with Gasteiger partial charge in [-0.3, -0.25) is 5.41 Å². The zero-order chi connectivity index (χ0) is 12.1. The lowest BCUT2D eigenvalue weighted by atomic mass is 10.1. The summed E-state index contributed by atoms with van der Waals surface area (Å²) in [5.74, 6) is 0. The molecule has 2 heteroatoms. The van der Waals surface area contributed by atoms with E-state index in [9.17, 15) is 0 Å². The van der Waals surface area contributed by atoms with Gasteiger partial charge in [-0.05, 0) is 12.1 Å². The summed E-state index contributed by atoms with van der Waals surface area (Å²) >= 11 is 0. The molecule has 0 aliphatic rings. The first-order valence-corrected chi connectivity index (χ1v) is 5.42. The fraction of sp³-hybridized carbons (Fsp3) is 0. The summed E-state index contributed by atoms with van der Waals surface area (Å²) < 4.78 is 0. The van der Waals surface area contributed by atoms with Gasteiger partial charge in [0.1, 0.15) is 0 Å². The Labute approximate surface area is 101 Å². The molecule has 0 aliphatic heterocycles. The maximum absolute atomic E-state index is 8.02. The molecule has 0 aliphatic carbocycles. The Balaban J connectivity index is 2.09. The van der Waals surface area contributed by atoms with Gasteiger partial charge < -0.3 is 5.32 Å². The van der Waals surface area contributed by atoms with Crippen LogP contribution in [0.3, 0.4) is 0 Å². The van der Waals surface area contributed by atoms with Gasteiger partial charge in [-0.1, -0.05) is 55.1 Å². The second kappa shape index (κ2) is 5.12. The smallest absolute Gasteiger partial charge is 0.0840 e. The Bertz CT molecular complexity index is 515. The van der Waals surface area contributed by atoms with Crippen molar-refractivity contribution in [3.05, 3.63) is 78.5 Å². The highest BCUT2D eigenvalue weighted by Crippen LogP contribution is 2.12. The van der Waals surface area contributed by atoms with Crippen molar-refractivity contribution in [3.8, 4) is 0 Å². The van der Waals surface area contributed by atoms with Crippen LogP contribution in [0.15, 0.2) is 72.9 Å². The van der Waals surface area contributed by atoms with E-state index in [0.29, 0.717) is 11.4 Å². The summed E-state index contributed by atoms with van der Waals surface area (Å²) in [5, 5.41) is 11.1. The lowest BCUT2D eigenvalue weighted by molar-refractivity contribution is 1.42. The number of para-hydroxylation sites is 1. The maximum atomic E-state index is 8.02. The van der Waals surface area contributed by atoms with Crippen molar-refractivity contribution in [2.45, 2.75) is 0 Å². The molecule has 0 spiro atoms. The molecule has 0 fully saturated rings. The van der Waals surface area contributed by atoms with E-state index in [1.165, 1.54) is 0 Å². The molecule has 0 unspecified atom stereocenters. The molecular formula is C15H14N2. The van der Waals surface area contributed by atoms with Crippen LogP contribution in [0, 0.1) is 5.41 Å². The average Bonchev–Trinajstić information content (AvgIpc) is 2.40. The molecule has 0 aromatic heterocycles. The highest BCUT2D eigenvalue weighted by Gasteiger charge is 2.04. The number of rotatable bonds is 4. The summed E-state index contributed by atoms with van der Waals surface area (Å²) in [7, 11) is 0. The van der Waals surface area contributed by atoms with Gasteiger partial charge in [0.2, 0.25) is 0 Å². The largest absolute Gasteiger partial charge is 0.354 e. The van der Waals surface area contributed by atoms with Crippen LogP contribution < -0.4 is 5.32 Å². The van der Waals surface area contributed by atoms with Gasteiger partial charge in [-0.25, -0.2) is 0 Å². The van der Waals surface area contributed by atoms with Gasteiger partial charge in [-0.2, -0.15) is 0 Å². The van der Waals surface area contributed by atoms with Crippen molar-refractivity contribution in [1.82, 2.24) is 0 Å². The van der Waals surface area contributed by atoms with Gasteiger partial charge in [0, 0.05) is 11.3 Å². The Hall–Kier alpha value is -2.35. The van der Waals surface area contributed by atoms with Gasteiger partial charge in [0.15, 0.2) is 0 Å². The van der Waals surface area contributed by atoms with Gasteiger partial charge >= 0.3 is 0 Å². The zero-order valence-electron chi connectivity index (χ0n) is 9.48. The fourth-order valence-corrected chi connectivity index (χ4v) is 1.54. The average molecular weight is 222 g/mol. The standard InChI is InChI=1S/C15H14N2/c1-12(17-14-10-6-3-7-11-14)15(16)13-8-4-2-5-9-13/h2-11,16-17H,1H2. The van der Waals surface area contributed by atoms with Crippen molar-refractivity contribution in [1.29, 1.82) is 5.41 Å². The van der Waals surface area contributed by atoms with Crippen LogP contribution in [-0.4, -0.2) is 5.71 Å². The summed E-state index contributed by atoms with van der Waals surface area (Å²) in [6.45, 7) is 3.89. The van der Waals surface area contributed by atoms with E-state index in [1.807, 2.05) is 60.7 Å². The predicted octanol–water partition coefficient (Wildman–Crippen LogP) is 3.68. The van der Waals surface area contributed by atoms with E-state index in [2.05, 4.69) is 11.9 Å². The Morgan fingerprint density at radius 1 is 0.882 bits per heavy atom. The summed E-state index contributed by atoms with van der Waals surface area (Å²) in [5.41, 5.74) is 2.82. The predicted molar refractivity (Wildman–Crippen MR) is 72.5 cm³/mol. The number of nitrogens with one attached hydrogen (secondary N) is 2. The van der Waals surface area contributed by atoms with E-state index in [-0.39, 0.29) is 0 Å². The van der Waals surface area contributed by atoms with E-state index in [4.69, 9.17) is 5.41 Å². The van der Waals surface area contributed by atoms with Gasteiger partial charge in [0.25, 0.3) is 0 Å². The molecule has 17 heavy (non-hydrogen) atoms. The molecule has 0 heterocycles. The molecule has 2 aromatic carbocycles. The molecule has 0 radical (unpaired) electrons. The van der Waals surface area contributed by atoms with Gasteiger partial charge in [-0.15, -0.1) is 0 Å². The Morgan fingerprint density at radius 3 is 2.00 bits per heavy atom. The molecular weight excluding hydrogens is 208 g/mol. The summed E-state index contributed by atoms with van der Waals surface area (Å²) in [6.07, 6.45) is 0. The van der Waals surface area contributed by atoms with Crippen LogP contribution in [0.25, 0.3) is 0 Å². The number of allylic oxidation sites excluding steroid dienone is 1. The monoisotopic (exact) mass is 222 g/mol.